The number of benzene rings is 2. The molecule has 10 heteroatoms. The zero-order valence-electron chi connectivity index (χ0n) is 15.0. The summed E-state index contributed by atoms with van der Waals surface area (Å²) in [5.74, 6) is -1.75. The molecule has 2 aromatic carbocycles. The van der Waals surface area contributed by atoms with E-state index < -0.39 is 22.6 Å². The lowest BCUT2D eigenvalue weighted by Gasteiger charge is -2.35. The van der Waals surface area contributed by atoms with Crippen LogP contribution in [0.4, 0.5) is 5.69 Å². The molecule has 0 bridgehead atoms. The highest BCUT2D eigenvalue weighted by molar-refractivity contribution is 6.42. The summed E-state index contributed by atoms with van der Waals surface area (Å²) >= 11 is 12.0. The van der Waals surface area contributed by atoms with E-state index in [4.69, 9.17) is 23.2 Å². The van der Waals surface area contributed by atoms with Crippen molar-refractivity contribution in [2.24, 2.45) is 0 Å². The minimum Gasteiger partial charge on any atom is -0.273 e. The Kier molecular flexibility index (Phi) is 6.14. The molecule has 150 valence electrons. The summed E-state index contributed by atoms with van der Waals surface area (Å²) in [6.45, 7) is -0.143. The van der Waals surface area contributed by atoms with Gasteiger partial charge in [0, 0.05) is 30.5 Å². The van der Waals surface area contributed by atoms with Crippen molar-refractivity contribution in [2.45, 2.75) is 25.8 Å². The lowest BCUT2D eigenvalue weighted by atomic mass is 10.1. The number of hydrazine groups is 1. The lowest BCUT2D eigenvalue weighted by molar-refractivity contribution is -0.384. The molecule has 0 spiro atoms. The van der Waals surface area contributed by atoms with Gasteiger partial charge in [0.25, 0.3) is 11.6 Å². The normalized spacial score (nSPS) is 14.1. The number of carbonyl (C=O) groups excluding carboxylic acids is 3. The quantitative estimate of drug-likeness (QED) is 0.401. The molecular weight excluding hydrogens is 421 g/mol. The van der Waals surface area contributed by atoms with E-state index in [0.29, 0.717) is 17.0 Å². The molecule has 3 amide bonds. The molecule has 0 saturated carbocycles. The highest BCUT2D eigenvalue weighted by atomic mass is 35.5. The van der Waals surface area contributed by atoms with Crippen molar-refractivity contribution in [3.05, 3.63) is 73.8 Å². The van der Waals surface area contributed by atoms with Crippen molar-refractivity contribution >= 4 is 46.6 Å². The number of piperidine rings is 1. The molecule has 1 aliphatic heterocycles. The van der Waals surface area contributed by atoms with Gasteiger partial charge in [0.2, 0.25) is 11.8 Å². The van der Waals surface area contributed by atoms with Crippen LogP contribution in [0.1, 0.15) is 35.2 Å². The predicted octanol–water partition coefficient (Wildman–Crippen LogP) is 4.00. The molecule has 1 saturated heterocycles. The number of nitrogens with zero attached hydrogens (tertiary/aromatic N) is 3. The van der Waals surface area contributed by atoms with Gasteiger partial charge in [0.1, 0.15) is 0 Å². The highest BCUT2D eigenvalue weighted by Crippen LogP contribution is 2.26. The summed E-state index contributed by atoms with van der Waals surface area (Å²) in [4.78, 5) is 48.4. The number of non-ortho nitro benzene ring substituents is 1. The van der Waals surface area contributed by atoms with Gasteiger partial charge in [-0.3, -0.25) is 24.5 Å². The second-order valence-corrected chi connectivity index (χ2v) is 7.19. The Hall–Kier alpha value is -2.97. The maximum absolute atomic E-state index is 13.2. The van der Waals surface area contributed by atoms with Crippen LogP contribution in [0.25, 0.3) is 0 Å². The van der Waals surface area contributed by atoms with E-state index in [-0.39, 0.29) is 35.7 Å². The number of amides is 3. The Morgan fingerprint density at radius 3 is 2.38 bits per heavy atom. The fourth-order valence-electron chi connectivity index (χ4n) is 2.96. The summed E-state index contributed by atoms with van der Waals surface area (Å²) in [5, 5.41) is 13.4. The van der Waals surface area contributed by atoms with E-state index >= 15 is 0 Å². The first-order valence-corrected chi connectivity index (χ1v) is 9.39. The Bertz CT molecular complexity index is 995. The van der Waals surface area contributed by atoms with E-state index in [0.717, 1.165) is 16.1 Å². The molecule has 2 aromatic rings. The average Bonchev–Trinajstić information content (AvgIpc) is 2.69. The molecule has 29 heavy (non-hydrogen) atoms. The minimum atomic E-state index is -0.719. The standard InChI is InChI=1S/C19H15Cl2N3O5/c20-15-8-7-12(9-16(15)21)11-22(23-17(25)5-2-6-18(23)26)19(27)13-3-1-4-14(10-13)24(28)29/h1,3-4,7-10H,2,5-6,11H2. The van der Waals surface area contributed by atoms with Crippen LogP contribution in [0.5, 0.6) is 0 Å². The third-order valence-corrected chi connectivity index (χ3v) is 5.09. The fourth-order valence-corrected chi connectivity index (χ4v) is 3.28. The van der Waals surface area contributed by atoms with Gasteiger partial charge in [-0.15, -0.1) is 0 Å². The van der Waals surface area contributed by atoms with E-state index in [1.54, 1.807) is 6.07 Å². The van der Waals surface area contributed by atoms with Crippen LogP contribution in [0, 0.1) is 10.1 Å². The van der Waals surface area contributed by atoms with Crippen LogP contribution in [-0.4, -0.2) is 32.7 Å². The van der Waals surface area contributed by atoms with Gasteiger partial charge in [-0.2, -0.15) is 5.01 Å². The van der Waals surface area contributed by atoms with Gasteiger partial charge < -0.3 is 0 Å². The lowest BCUT2D eigenvalue weighted by Crippen LogP contribution is -2.54. The molecule has 1 fully saturated rings. The van der Waals surface area contributed by atoms with Gasteiger partial charge >= 0.3 is 0 Å². The predicted molar refractivity (Wildman–Crippen MR) is 105 cm³/mol. The first-order chi connectivity index (χ1) is 13.8. The molecule has 1 heterocycles. The molecule has 0 radical (unpaired) electrons. The van der Waals surface area contributed by atoms with Crippen LogP contribution in [0.2, 0.25) is 10.0 Å². The molecule has 0 aliphatic carbocycles. The number of carbonyl (C=O) groups is 3. The van der Waals surface area contributed by atoms with Crippen LogP contribution in [0.3, 0.4) is 0 Å². The van der Waals surface area contributed by atoms with Gasteiger partial charge in [-0.1, -0.05) is 35.3 Å². The van der Waals surface area contributed by atoms with Crippen molar-refractivity contribution in [1.82, 2.24) is 10.0 Å². The van der Waals surface area contributed by atoms with Crippen molar-refractivity contribution in [3.8, 4) is 0 Å². The number of nitro benzene ring substituents is 1. The third-order valence-electron chi connectivity index (χ3n) is 4.35. The smallest absolute Gasteiger partial charge is 0.273 e. The van der Waals surface area contributed by atoms with Crippen LogP contribution < -0.4 is 0 Å². The monoisotopic (exact) mass is 435 g/mol. The number of hydrogen-bond donors (Lipinski definition) is 0. The van der Waals surface area contributed by atoms with E-state index in [1.165, 1.54) is 30.3 Å². The maximum Gasteiger partial charge on any atom is 0.273 e. The second-order valence-electron chi connectivity index (χ2n) is 6.37. The molecular formula is C19H15Cl2N3O5. The largest absolute Gasteiger partial charge is 0.273 e. The SMILES string of the molecule is O=C(c1cccc([N+](=O)[O-])c1)N(Cc1ccc(Cl)c(Cl)c1)N1C(=O)CCCC1=O. The van der Waals surface area contributed by atoms with Crippen LogP contribution in [0.15, 0.2) is 42.5 Å². The highest BCUT2D eigenvalue weighted by Gasteiger charge is 2.35. The second kappa shape index (κ2) is 8.59. The molecule has 1 aliphatic rings. The van der Waals surface area contributed by atoms with Crippen molar-refractivity contribution < 1.29 is 19.3 Å². The first kappa shape index (κ1) is 20.8. The number of imide groups is 1. The van der Waals surface area contributed by atoms with Gasteiger partial charge in [0.15, 0.2) is 0 Å². The Labute approximate surface area is 175 Å². The topological polar surface area (TPSA) is 101 Å². The fraction of sp³-hybridized carbons (Fsp3) is 0.211. The van der Waals surface area contributed by atoms with Gasteiger partial charge in [-0.05, 0) is 30.2 Å². The molecule has 0 unspecified atom stereocenters. The van der Waals surface area contributed by atoms with E-state index in [9.17, 15) is 24.5 Å². The summed E-state index contributed by atoms with van der Waals surface area (Å²) in [7, 11) is 0. The molecule has 0 aromatic heterocycles. The van der Waals surface area contributed by atoms with Gasteiger partial charge in [0.05, 0.1) is 21.5 Å². The first-order valence-electron chi connectivity index (χ1n) is 8.64. The van der Waals surface area contributed by atoms with Crippen molar-refractivity contribution in [1.29, 1.82) is 0 Å². The van der Waals surface area contributed by atoms with E-state index in [1.807, 2.05) is 0 Å². The Morgan fingerprint density at radius 1 is 1.07 bits per heavy atom. The summed E-state index contributed by atoms with van der Waals surface area (Å²) in [6, 6.07) is 9.77. The van der Waals surface area contributed by atoms with Crippen LogP contribution in [-0.2, 0) is 16.1 Å². The molecule has 0 atom stereocenters. The summed E-state index contributed by atoms with van der Waals surface area (Å²) in [6.07, 6.45) is 0.636. The molecule has 3 rings (SSSR count). The zero-order chi connectivity index (χ0) is 21.1. The zero-order valence-corrected chi connectivity index (χ0v) is 16.5. The number of hydrogen-bond acceptors (Lipinski definition) is 5. The van der Waals surface area contributed by atoms with Crippen molar-refractivity contribution in [3.63, 3.8) is 0 Å². The number of nitro groups is 1. The minimum absolute atomic E-state index is 0.0227. The maximum atomic E-state index is 13.2. The number of rotatable bonds is 5. The van der Waals surface area contributed by atoms with E-state index in [2.05, 4.69) is 0 Å². The Balaban J connectivity index is 2.01. The van der Waals surface area contributed by atoms with Crippen LogP contribution >= 0.6 is 23.2 Å². The average molecular weight is 436 g/mol. The summed E-state index contributed by atoms with van der Waals surface area (Å²) in [5.41, 5.74) is 0.233. The number of halogens is 2. The molecule has 8 nitrogen and oxygen atoms in total. The van der Waals surface area contributed by atoms with Gasteiger partial charge in [-0.25, -0.2) is 5.01 Å². The Morgan fingerprint density at radius 2 is 1.76 bits per heavy atom. The van der Waals surface area contributed by atoms with Crippen molar-refractivity contribution in [2.75, 3.05) is 0 Å². The third kappa shape index (κ3) is 4.55. The molecule has 0 N–H and O–H groups in total. The summed E-state index contributed by atoms with van der Waals surface area (Å²) < 4.78 is 0.